The number of ether oxygens (including phenoxy) is 3. The number of H-pyrrole nitrogens is 1. The lowest BCUT2D eigenvalue weighted by molar-refractivity contribution is 0.0486. The Balaban J connectivity index is 0.00000182. The molecule has 4 rings (SSSR count). The van der Waals surface area contributed by atoms with E-state index in [0.717, 1.165) is 28.8 Å². The Morgan fingerprint density at radius 3 is 3.04 bits per heavy atom. The van der Waals surface area contributed by atoms with Crippen LogP contribution >= 0.6 is 12.4 Å². The van der Waals surface area contributed by atoms with Gasteiger partial charge in [-0.2, -0.15) is 10.1 Å². The van der Waals surface area contributed by atoms with Crippen molar-refractivity contribution in [3.05, 3.63) is 30.5 Å². The summed E-state index contributed by atoms with van der Waals surface area (Å²) in [5.41, 5.74) is 2.38. The number of hydrogen-bond acceptors (Lipinski definition) is 6. The van der Waals surface area contributed by atoms with Gasteiger partial charge in [-0.05, 0) is 31.2 Å². The van der Waals surface area contributed by atoms with Crippen LogP contribution in [0.4, 0.5) is 0 Å². The lowest BCUT2D eigenvalue weighted by Crippen LogP contribution is -2.21. The molecule has 1 N–H and O–H groups in total. The maximum absolute atomic E-state index is 5.81. The number of nitrogens with zero attached hydrogens (tertiary/aromatic N) is 3. The van der Waals surface area contributed by atoms with Gasteiger partial charge in [-0.3, -0.25) is 5.10 Å². The Labute approximate surface area is 151 Å². The normalized spacial score (nSPS) is 17.7. The van der Waals surface area contributed by atoms with E-state index in [1.807, 2.05) is 31.2 Å². The minimum atomic E-state index is -0.133. The first kappa shape index (κ1) is 17.4. The fourth-order valence-corrected chi connectivity index (χ4v) is 2.62. The number of halogens is 1. The monoisotopic (exact) mass is 362 g/mol. The molecule has 0 saturated heterocycles. The van der Waals surface area contributed by atoms with E-state index < -0.39 is 0 Å². The molecule has 1 aromatic carbocycles. The number of nitrogens with one attached hydrogen (secondary N) is 1. The van der Waals surface area contributed by atoms with Crippen LogP contribution in [0.1, 0.15) is 13.3 Å². The molecule has 0 fully saturated rings. The van der Waals surface area contributed by atoms with Gasteiger partial charge in [0.05, 0.1) is 24.4 Å². The van der Waals surface area contributed by atoms with Crippen LogP contribution in [0.25, 0.3) is 22.3 Å². The van der Waals surface area contributed by atoms with Gasteiger partial charge in [0.25, 0.3) is 0 Å². The average Bonchev–Trinajstić information content (AvgIpc) is 3.00. The molecule has 4 bridgehead atoms. The SMILES string of the molecule is C[C@@H]1COCCCOc2ccc3[nH]nc(c3c2)-c2ccnc(n2)O1.Cl. The van der Waals surface area contributed by atoms with Crippen LogP contribution < -0.4 is 9.47 Å². The summed E-state index contributed by atoms with van der Waals surface area (Å²) in [7, 11) is 0. The zero-order valence-electron chi connectivity index (χ0n) is 13.8. The van der Waals surface area contributed by atoms with Crippen LogP contribution in [-0.4, -0.2) is 46.1 Å². The van der Waals surface area contributed by atoms with Crippen molar-refractivity contribution in [3.63, 3.8) is 0 Å². The number of aromatic nitrogens is 4. The topological polar surface area (TPSA) is 82.2 Å². The van der Waals surface area contributed by atoms with Crippen molar-refractivity contribution in [1.29, 1.82) is 0 Å². The zero-order chi connectivity index (χ0) is 16.4. The summed E-state index contributed by atoms with van der Waals surface area (Å²) in [5, 5.41) is 8.37. The molecule has 25 heavy (non-hydrogen) atoms. The van der Waals surface area contributed by atoms with Gasteiger partial charge in [-0.15, -0.1) is 12.4 Å². The van der Waals surface area contributed by atoms with Gasteiger partial charge in [0, 0.05) is 24.6 Å². The van der Waals surface area contributed by atoms with Crippen molar-refractivity contribution in [2.75, 3.05) is 19.8 Å². The quantitative estimate of drug-likeness (QED) is 0.662. The maximum atomic E-state index is 5.81. The summed E-state index contributed by atoms with van der Waals surface area (Å²) in [6.45, 7) is 3.63. The minimum absolute atomic E-state index is 0. The van der Waals surface area contributed by atoms with E-state index in [2.05, 4.69) is 20.2 Å². The number of benzene rings is 1. The second kappa shape index (κ2) is 7.67. The van der Waals surface area contributed by atoms with E-state index in [-0.39, 0.29) is 18.5 Å². The first-order chi connectivity index (χ1) is 11.8. The molecule has 7 nitrogen and oxygen atoms in total. The zero-order valence-corrected chi connectivity index (χ0v) is 14.6. The van der Waals surface area contributed by atoms with Gasteiger partial charge < -0.3 is 14.2 Å². The molecular weight excluding hydrogens is 344 g/mol. The predicted molar refractivity (Wildman–Crippen MR) is 95.4 cm³/mol. The fourth-order valence-electron chi connectivity index (χ4n) is 2.62. The summed E-state index contributed by atoms with van der Waals surface area (Å²) in [6.07, 6.45) is 2.35. The molecule has 132 valence electrons. The van der Waals surface area contributed by atoms with E-state index in [9.17, 15) is 0 Å². The molecule has 1 atom stereocenters. The minimum Gasteiger partial charge on any atom is -0.493 e. The van der Waals surface area contributed by atoms with Gasteiger partial charge in [0.15, 0.2) is 0 Å². The van der Waals surface area contributed by atoms with Crippen molar-refractivity contribution in [1.82, 2.24) is 20.2 Å². The molecule has 8 heteroatoms. The van der Waals surface area contributed by atoms with Crippen LogP contribution in [0.2, 0.25) is 0 Å². The molecule has 0 saturated carbocycles. The number of rotatable bonds is 0. The van der Waals surface area contributed by atoms with Gasteiger partial charge in [-0.25, -0.2) is 4.98 Å². The Bertz CT molecular complexity index is 855. The van der Waals surface area contributed by atoms with E-state index >= 15 is 0 Å². The Hall–Kier alpha value is -2.38. The summed E-state index contributed by atoms with van der Waals surface area (Å²) >= 11 is 0. The third kappa shape index (κ3) is 3.83. The van der Waals surface area contributed by atoms with Crippen LogP contribution in [0, 0.1) is 0 Å². The molecule has 2 aromatic heterocycles. The van der Waals surface area contributed by atoms with Gasteiger partial charge in [0.2, 0.25) is 0 Å². The van der Waals surface area contributed by atoms with Crippen molar-refractivity contribution in [3.8, 4) is 23.1 Å². The van der Waals surface area contributed by atoms with Crippen molar-refractivity contribution >= 4 is 23.3 Å². The van der Waals surface area contributed by atoms with Gasteiger partial charge in [0.1, 0.15) is 17.5 Å². The predicted octanol–water partition coefficient (Wildman–Crippen LogP) is 3.01. The average molecular weight is 363 g/mol. The van der Waals surface area contributed by atoms with Gasteiger partial charge in [-0.1, -0.05) is 0 Å². The molecule has 1 aliphatic rings. The summed E-state index contributed by atoms with van der Waals surface area (Å²) < 4.78 is 17.2. The second-order valence-electron chi connectivity index (χ2n) is 5.71. The first-order valence-corrected chi connectivity index (χ1v) is 7.98. The molecule has 3 aromatic rings. The number of aromatic amines is 1. The van der Waals surface area contributed by atoms with Crippen LogP contribution in [-0.2, 0) is 4.74 Å². The Kier molecular flexibility index (Phi) is 5.35. The standard InChI is InChI=1S/C17H18N4O3.ClH/c1-11-10-22-7-2-8-23-12-3-4-14-13(9-12)16(21-20-14)15-5-6-18-17(19-15)24-11;/h3-6,9,11H,2,7-8,10H2,1H3,(H,20,21);1H/t11-;/m1./s1. The first-order valence-electron chi connectivity index (χ1n) is 7.98. The Morgan fingerprint density at radius 2 is 2.12 bits per heavy atom. The van der Waals surface area contributed by atoms with Gasteiger partial charge >= 0.3 is 6.01 Å². The molecular formula is C17H19ClN4O3. The van der Waals surface area contributed by atoms with E-state index in [4.69, 9.17) is 14.2 Å². The molecule has 1 aliphatic heterocycles. The van der Waals surface area contributed by atoms with E-state index in [0.29, 0.717) is 31.5 Å². The van der Waals surface area contributed by atoms with Crippen LogP contribution in [0.15, 0.2) is 30.5 Å². The van der Waals surface area contributed by atoms with Crippen LogP contribution in [0.3, 0.4) is 0 Å². The Morgan fingerprint density at radius 1 is 1.20 bits per heavy atom. The highest BCUT2D eigenvalue weighted by atomic mass is 35.5. The van der Waals surface area contributed by atoms with E-state index in [1.165, 1.54) is 0 Å². The third-order valence-electron chi connectivity index (χ3n) is 3.77. The molecule has 0 aliphatic carbocycles. The van der Waals surface area contributed by atoms with Crippen LogP contribution in [0.5, 0.6) is 11.8 Å². The summed E-state index contributed by atoms with van der Waals surface area (Å²) in [5.74, 6) is 0.805. The highest BCUT2D eigenvalue weighted by Crippen LogP contribution is 2.29. The second-order valence-corrected chi connectivity index (χ2v) is 5.71. The lowest BCUT2D eigenvalue weighted by Gasteiger charge is -2.13. The lowest BCUT2D eigenvalue weighted by atomic mass is 10.1. The highest BCUT2D eigenvalue weighted by molar-refractivity contribution is 5.92. The molecule has 0 spiro atoms. The molecule has 3 heterocycles. The summed E-state index contributed by atoms with van der Waals surface area (Å²) in [4.78, 5) is 8.65. The highest BCUT2D eigenvalue weighted by Gasteiger charge is 2.14. The maximum Gasteiger partial charge on any atom is 0.317 e. The van der Waals surface area contributed by atoms with Crippen molar-refractivity contribution < 1.29 is 14.2 Å². The third-order valence-corrected chi connectivity index (χ3v) is 3.77. The number of fused-ring (bicyclic) bond motifs is 4. The van der Waals surface area contributed by atoms with Crippen molar-refractivity contribution in [2.24, 2.45) is 0 Å². The molecule has 0 unspecified atom stereocenters. The number of hydrogen-bond donors (Lipinski definition) is 1. The molecule has 0 radical (unpaired) electrons. The molecule has 0 amide bonds. The van der Waals surface area contributed by atoms with E-state index in [1.54, 1.807) is 6.20 Å². The summed E-state index contributed by atoms with van der Waals surface area (Å²) in [6, 6.07) is 7.99. The van der Waals surface area contributed by atoms with Crippen molar-refractivity contribution in [2.45, 2.75) is 19.4 Å². The fraction of sp³-hybridized carbons (Fsp3) is 0.353. The smallest absolute Gasteiger partial charge is 0.317 e. The largest absolute Gasteiger partial charge is 0.493 e.